The first-order valence-electron chi connectivity index (χ1n) is 5.20. The maximum absolute atomic E-state index is 11.8. The topological polar surface area (TPSA) is 50.5 Å². The van der Waals surface area contributed by atoms with E-state index in [2.05, 4.69) is 9.97 Å². The first kappa shape index (κ1) is 10.6. The predicted octanol–water partition coefficient (Wildman–Crippen LogP) is 0.854. The predicted molar refractivity (Wildman–Crippen MR) is 62.9 cm³/mol. The van der Waals surface area contributed by atoms with Crippen LogP contribution in [0.1, 0.15) is 12.5 Å². The van der Waals surface area contributed by atoms with Crippen molar-refractivity contribution in [3.8, 4) is 0 Å². The second-order valence-corrected chi connectivity index (χ2v) is 3.76. The van der Waals surface area contributed by atoms with E-state index in [9.17, 15) is 4.79 Å². The molecule has 0 atom stereocenters. The molecule has 0 amide bonds. The van der Waals surface area contributed by atoms with Crippen LogP contribution in [0.5, 0.6) is 0 Å². The normalized spacial score (nSPS) is 10.7. The Labute approximate surface area is 93.4 Å². The average molecular weight is 218 g/mol. The van der Waals surface area contributed by atoms with Crippen molar-refractivity contribution in [2.24, 2.45) is 0 Å². The first-order valence-corrected chi connectivity index (χ1v) is 5.20. The van der Waals surface area contributed by atoms with Crippen molar-refractivity contribution in [2.75, 3.05) is 18.5 Å². The van der Waals surface area contributed by atoms with Gasteiger partial charge in [0.05, 0.1) is 0 Å². The molecular weight excluding hydrogens is 204 g/mol. The van der Waals surface area contributed by atoms with Crippen molar-refractivity contribution in [3.05, 3.63) is 34.4 Å². The van der Waals surface area contributed by atoms with Gasteiger partial charge in [0.15, 0.2) is 0 Å². The third kappa shape index (κ3) is 1.76. The second kappa shape index (κ2) is 3.92. The fourth-order valence-corrected chi connectivity index (χ4v) is 1.42. The summed E-state index contributed by atoms with van der Waals surface area (Å²) in [6.45, 7) is 4.68. The summed E-state index contributed by atoms with van der Waals surface area (Å²) in [7, 11) is 1.86. The molecule has 2 aromatic rings. The Hall–Kier alpha value is -1.91. The Kier molecular flexibility index (Phi) is 2.60. The molecule has 2 heterocycles. The number of hydrogen-bond donors (Lipinski definition) is 0. The summed E-state index contributed by atoms with van der Waals surface area (Å²) in [5.41, 5.74) is 1.35. The van der Waals surface area contributed by atoms with Gasteiger partial charge in [-0.25, -0.2) is 4.79 Å². The SMILES string of the molecule is CCN(C)c1nc(=O)n2cc(C)ccc2n1. The van der Waals surface area contributed by atoms with Crippen LogP contribution in [-0.4, -0.2) is 28.0 Å². The molecule has 0 spiro atoms. The van der Waals surface area contributed by atoms with Gasteiger partial charge >= 0.3 is 5.69 Å². The van der Waals surface area contributed by atoms with E-state index in [1.807, 2.05) is 37.9 Å². The lowest BCUT2D eigenvalue weighted by atomic mass is 10.3. The van der Waals surface area contributed by atoms with E-state index in [0.29, 0.717) is 11.6 Å². The highest BCUT2D eigenvalue weighted by atomic mass is 16.1. The van der Waals surface area contributed by atoms with E-state index in [-0.39, 0.29) is 5.69 Å². The van der Waals surface area contributed by atoms with Gasteiger partial charge in [-0.3, -0.25) is 4.40 Å². The minimum absolute atomic E-state index is 0.288. The van der Waals surface area contributed by atoms with Crippen molar-refractivity contribution in [3.63, 3.8) is 0 Å². The monoisotopic (exact) mass is 218 g/mol. The molecule has 0 fully saturated rings. The molecule has 0 aliphatic heterocycles. The van der Waals surface area contributed by atoms with E-state index >= 15 is 0 Å². The zero-order chi connectivity index (χ0) is 11.7. The lowest BCUT2D eigenvalue weighted by Gasteiger charge is -2.13. The Morgan fingerprint density at radius 3 is 2.81 bits per heavy atom. The molecule has 0 unspecified atom stereocenters. The Bertz CT molecular complexity index is 576. The highest BCUT2D eigenvalue weighted by Crippen LogP contribution is 2.05. The molecule has 16 heavy (non-hydrogen) atoms. The zero-order valence-electron chi connectivity index (χ0n) is 9.64. The van der Waals surface area contributed by atoms with Crippen LogP contribution in [0.25, 0.3) is 5.65 Å². The van der Waals surface area contributed by atoms with Crippen LogP contribution in [-0.2, 0) is 0 Å². The van der Waals surface area contributed by atoms with Crippen LogP contribution >= 0.6 is 0 Å². The highest BCUT2D eigenvalue weighted by Gasteiger charge is 2.06. The van der Waals surface area contributed by atoms with Gasteiger partial charge in [-0.15, -0.1) is 0 Å². The fourth-order valence-electron chi connectivity index (χ4n) is 1.42. The Morgan fingerprint density at radius 1 is 1.38 bits per heavy atom. The van der Waals surface area contributed by atoms with Crippen LogP contribution in [0, 0.1) is 6.92 Å². The number of nitrogens with zero attached hydrogens (tertiary/aromatic N) is 4. The highest BCUT2D eigenvalue weighted by molar-refractivity contribution is 5.43. The maximum Gasteiger partial charge on any atom is 0.356 e. The fraction of sp³-hybridized carbons (Fsp3) is 0.364. The molecule has 0 aromatic carbocycles. The molecule has 5 heteroatoms. The molecule has 0 saturated heterocycles. The van der Waals surface area contributed by atoms with Crippen LogP contribution in [0.15, 0.2) is 23.1 Å². The smallest absolute Gasteiger partial charge is 0.344 e. The van der Waals surface area contributed by atoms with Crippen molar-refractivity contribution < 1.29 is 0 Å². The van der Waals surface area contributed by atoms with Crippen molar-refractivity contribution in [2.45, 2.75) is 13.8 Å². The summed E-state index contributed by atoms with van der Waals surface area (Å²) in [4.78, 5) is 21.9. The molecule has 5 nitrogen and oxygen atoms in total. The number of hydrogen-bond acceptors (Lipinski definition) is 4. The number of aromatic nitrogens is 3. The van der Waals surface area contributed by atoms with Crippen LogP contribution in [0.3, 0.4) is 0 Å². The second-order valence-electron chi connectivity index (χ2n) is 3.76. The molecule has 84 valence electrons. The number of anilines is 1. The Balaban J connectivity index is 2.69. The quantitative estimate of drug-likeness (QED) is 0.750. The van der Waals surface area contributed by atoms with Crippen molar-refractivity contribution in [1.29, 1.82) is 0 Å². The third-order valence-corrected chi connectivity index (χ3v) is 2.51. The molecule has 0 radical (unpaired) electrons. The molecule has 2 rings (SSSR count). The third-order valence-electron chi connectivity index (χ3n) is 2.51. The molecular formula is C11H14N4O. The van der Waals surface area contributed by atoms with E-state index < -0.39 is 0 Å². The summed E-state index contributed by atoms with van der Waals surface area (Å²) < 4.78 is 1.46. The van der Waals surface area contributed by atoms with Crippen molar-refractivity contribution in [1.82, 2.24) is 14.4 Å². The molecule has 0 saturated carbocycles. The number of pyridine rings is 1. The standard InChI is InChI=1S/C11H14N4O/c1-4-14(3)10-12-9-6-5-8(2)7-15(9)11(16)13-10/h5-7H,4H2,1-3H3. The molecule has 0 aliphatic rings. The van der Waals surface area contributed by atoms with E-state index in [1.54, 1.807) is 6.20 Å². The van der Waals surface area contributed by atoms with Crippen molar-refractivity contribution >= 4 is 11.6 Å². The lowest BCUT2D eigenvalue weighted by Crippen LogP contribution is -2.26. The number of fused-ring (bicyclic) bond motifs is 1. The van der Waals surface area contributed by atoms with E-state index in [1.165, 1.54) is 4.40 Å². The van der Waals surface area contributed by atoms with Gasteiger partial charge in [-0.05, 0) is 25.5 Å². The number of rotatable bonds is 2. The minimum atomic E-state index is -0.288. The zero-order valence-corrected chi connectivity index (χ0v) is 9.64. The lowest BCUT2D eigenvalue weighted by molar-refractivity contribution is 0.854. The van der Waals surface area contributed by atoms with Gasteiger partial charge in [0.1, 0.15) is 5.65 Å². The van der Waals surface area contributed by atoms with Gasteiger partial charge in [0, 0.05) is 19.8 Å². The van der Waals surface area contributed by atoms with Gasteiger partial charge < -0.3 is 4.90 Å². The molecule has 0 aliphatic carbocycles. The minimum Gasteiger partial charge on any atom is -0.344 e. The van der Waals surface area contributed by atoms with Gasteiger partial charge in [-0.2, -0.15) is 9.97 Å². The summed E-state index contributed by atoms with van der Waals surface area (Å²) in [6.07, 6.45) is 1.74. The first-order chi connectivity index (χ1) is 7.61. The van der Waals surface area contributed by atoms with Crippen LogP contribution < -0.4 is 10.6 Å². The summed E-state index contributed by atoms with van der Waals surface area (Å²) >= 11 is 0. The van der Waals surface area contributed by atoms with Crippen LogP contribution in [0.4, 0.5) is 5.95 Å². The summed E-state index contributed by atoms with van der Waals surface area (Å²) in [5, 5.41) is 0. The van der Waals surface area contributed by atoms with Gasteiger partial charge in [0.25, 0.3) is 0 Å². The van der Waals surface area contributed by atoms with E-state index in [0.717, 1.165) is 12.1 Å². The maximum atomic E-state index is 11.8. The van der Waals surface area contributed by atoms with Gasteiger partial charge in [-0.1, -0.05) is 6.07 Å². The number of aryl methyl sites for hydroxylation is 1. The van der Waals surface area contributed by atoms with E-state index in [4.69, 9.17) is 0 Å². The summed E-state index contributed by atoms with van der Waals surface area (Å²) in [5.74, 6) is 0.469. The molecule has 0 N–H and O–H groups in total. The summed E-state index contributed by atoms with van der Waals surface area (Å²) in [6, 6.07) is 3.75. The van der Waals surface area contributed by atoms with Gasteiger partial charge in [0.2, 0.25) is 5.95 Å². The Morgan fingerprint density at radius 2 is 2.12 bits per heavy atom. The molecule has 0 bridgehead atoms. The average Bonchev–Trinajstić information content (AvgIpc) is 2.28. The largest absolute Gasteiger partial charge is 0.356 e. The molecule has 2 aromatic heterocycles. The van der Waals surface area contributed by atoms with Crippen LogP contribution in [0.2, 0.25) is 0 Å².